The van der Waals surface area contributed by atoms with Crippen molar-refractivity contribution in [2.24, 2.45) is 11.8 Å². The Labute approximate surface area is 55.4 Å². The first-order valence-electron chi connectivity index (χ1n) is 3.88. The molecule has 2 rings (SSSR count). The fraction of sp³-hybridized carbons (Fsp3) is 0.875. The topological polar surface area (TPSA) is 17.1 Å². The lowest BCUT2D eigenvalue weighted by Gasteiger charge is -2.03. The van der Waals surface area contributed by atoms with Crippen LogP contribution in [0.5, 0.6) is 0 Å². The highest BCUT2D eigenvalue weighted by Crippen LogP contribution is 2.41. The number of hydrogen-bond acceptors (Lipinski definition) is 1. The van der Waals surface area contributed by atoms with Crippen LogP contribution in [0.2, 0.25) is 0 Å². The van der Waals surface area contributed by atoms with Gasteiger partial charge >= 0.3 is 0 Å². The Morgan fingerprint density at radius 3 is 2.22 bits per heavy atom. The highest BCUT2D eigenvalue weighted by Gasteiger charge is 2.35. The van der Waals surface area contributed by atoms with E-state index in [1.54, 1.807) is 0 Å². The van der Waals surface area contributed by atoms with E-state index < -0.39 is 0 Å². The van der Waals surface area contributed by atoms with Gasteiger partial charge in [0.2, 0.25) is 0 Å². The van der Waals surface area contributed by atoms with Gasteiger partial charge in [0, 0.05) is 12.8 Å². The van der Waals surface area contributed by atoms with Gasteiger partial charge in [-0.2, -0.15) is 0 Å². The van der Waals surface area contributed by atoms with E-state index in [0.29, 0.717) is 5.78 Å². The van der Waals surface area contributed by atoms with Crippen molar-refractivity contribution in [2.75, 3.05) is 0 Å². The molecule has 50 valence electrons. The molecule has 0 heterocycles. The standard InChI is InChI=1S/C8H12O/c9-8-4-6-2-1-3-7(6)5-8/h6-7H,1-5H2/t6-,7?/m0/s1. The second-order valence-corrected chi connectivity index (χ2v) is 3.40. The van der Waals surface area contributed by atoms with Crippen molar-refractivity contribution >= 4 is 5.78 Å². The number of ketones is 1. The molecule has 0 N–H and O–H groups in total. The molecule has 0 aliphatic heterocycles. The van der Waals surface area contributed by atoms with Gasteiger partial charge < -0.3 is 0 Å². The predicted molar refractivity (Wildman–Crippen MR) is 35.1 cm³/mol. The smallest absolute Gasteiger partial charge is 0.133 e. The molecule has 2 aliphatic rings. The van der Waals surface area contributed by atoms with Gasteiger partial charge in [0.15, 0.2) is 0 Å². The van der Waals surface area contributed by atoms with E-state index >= 15 is 0 Å². The van der Waals surface area contributed by atoms with Crippen LogP contribution in [-0.2, 0) is 4.79 Å². The maximum Gasteiger partial charge on any atom is 0.133 e. The zero-order valence-electron chi connectivity index (χ0n) is 5.60. The van der Waals surface area contributed by atoms with Crippen molar-refractivity contribution in [1.29, 1.82) is 0 Å². The van der Waals surface area contributed by atoms with Crippen LogP contribution in [0, 0.1) is 11.8 Å². The van der Waals surface area contributed by atoms with Gasteiger partial charge in [-0.25, -0.2) is 0 Å². The number of fused-ring (bicyclic) bond motifs is 1. The average molecular weight is 124 g/mol. The second-order valence-electron chi connectivity index (χ2n) is 3.40. The van der Waals surface area contributed by atoms with Crippen LogP contribution in [0.15, 0.2) is 0 Å². The molecular formula is C8H12O. The first-order chi connectivity index (χ1) is 4.36. The molecule has 1 unspecified atom stereocenters. The molecule has 0 bridgehead atoms. The third-order valence-electron chi connectivity index (χ3n) is 2.80. The van der Waals surface area contributed by atoms with E-state index in [9.17, 15) is 4.79 Å². The molecule has 0 aromatic heterocycles. The van der Waals surface area contributed by atoms with Gasteiger partial charge in [0.25, 0.3) is 0 Å². The maximum atomic E-state index is 10.9. The van der Waals surface area contributed by atoms with Gasteiger partial charge in [-0.3, -0.25) is 4.79 Å². The SMILES string of the molecule is O=C1CC2CCC[C@H]2C1. The summed E-state index contributed by atoms with van der Waals surface area (Å²) in [4.78, 5) is 10.9. The number of carbonyl (C=O) groups is 1. The molecule has 0 saturated heterocycles. The summed E-state index contributed by atoms with van der Waals surface area (Å²) in [5.74, 6) is 2.12. The fourth-order valence-electron chi connectivity index (χ4n) is 2.32. The van der Waals surface area contributed by atoms with Crippen molar-refractivity contribution in [3.8, 4) is 0 Å². The molecule has 0 aromatic rings. The van der Waals surface area contributed by atoms with Crippen LogP contribution >= 0.6 is 0 Å². The van der Waals surface area contributed by atoms with Gasteiger partial charge in [-0.1, -0.05) is 6.42 Å². The summed E-state index contributed by atoms with van der Waals surface area (Å²) < 4.78 is 0. The molecule has 9 heavy (non-hydrogen) atoms. The molecule has 0 amide bonds. The minimum atomic E-state index is 0.518. The molecule has 2 saturated carbocycles. The lowest BCUT2D eigenvalue weighted by molar-refractivity contribution is -0.117. The molecule has 2 atom stereocenters. The van der Waals surface area contributed by atoms with Crippen molar-refractivity contribution < 1.29 is 4.79 Å². The second kappa shape index (κ2) is 1.83. The molecule has 2 aliphatic carbocycles. The predicted octanol–water partition coefficient (Wildman–Crippen LogP) is 1.77. The van der Waals surface area contributed by atoms with Crippen molar-refractivity contribution in [1.82, 2.24) is 0 Å². The Balaban J connectivity index is 2.09. The molecule has 1 nitrogen and oxygen atoms in total. The first-order valence-corrected chi connectivity index (χ1v) is 3.88. The summed E-state index contributed by atoms with van der Waals surface area (Å²) in [7, 11) is 0. The molecule has 0 aromatic carbocycles. The van der Waals surface area contributed by atoms with Crippen LogP contribution in [0.4, 0.5) is 0 Å². The lowest BCUT2D eigenvalue weighted by Crippen LogP contribution is -1.95. The number of carbonyl (C=O) groups excluding carboxylic acids is 1. The van der Waals surface area contributed by atoms with Crippen LogP contribution in [0.25, 0.3) is 0 Å². The van der Waals surface area contributed by atoms with Gasteiger partial charge in [-0.05, 0) is 24.7 Å². The quantitative estimate of drug-likeness (QED) is 0.481. The Morgan fingerprint density at radius 2 is 1.67 bits per heavy atom. The molecular weight excluding hydrogens is 112 g/mol. The molecule has 0 spiro atoms. The Bertz CT molecular complexity index is 126. The van der Waals surface area contributed by atoms with E-state index in [4.69, 9.17) is 0 Å². The minimum Gasteiger partial charge on any atom is -0.300 e. The maximum absolute atomic E-state index is 10.9. The van der Waals surface area contributed by atoms with E-state index in [1.807, 2.05) is 0 Å². The van der Waals surface area contributed by atoms with Crippen molar-refractivity contribution in [3.05, 3.63) is 0 Å². The lowest BCUT2D eigenvalue weighted by atomic mass is 10.0. The average Bonchev–Trinajstić information content (AvgIpc) is 2.22. The largest absolute Gasteiger partial charge is 0.300 e. The summed E-state index contributed by atoms with van der Waals surface area (Å²) in [6.07, 6.45) is 5.85. The Hall–Kier alpha value is -0.330. The van der Waals surface area contributed by atoms with E-state index in [-0.39, 0.29) is 0 Å². The molecule has 0 radical (unpaired) electrons. The Kier molecular flexibility index (Phi) is 1.11. The third-order valence-corrected chi connectivity index (χ3v) is 2.80. The third kappa shape index (κ3) is 0.790. The summed E-state index contributed by atoms with van der Waals surface area (Å²) in [6, 6.07) is 0. The first kappa shape index (κ1) is 5.45. The van der Waals surface area contributed by atoms with E-state index in [2.05, 4.69) is 0 Å². The summed E-state index contributed by atoms with van der Waals surface area (Å²) in [5.41, 5.74) is 0. The van der Waals surface area contributed by atoms with Crippen molar-refractivity contribution in [2.45, 2.75) is 32.1 Å². The van der Waals surface area contributed by atoms with Gasteiger partial charge in [0.05, 0.1) is 0 Å². The molecule has 2 fully saturated rings. The number of rotatable bonds is 0. The number of hydrogen-bond donors (Lipinski definition) is 0. The van der Waals surface area contributed by atoms with Gasteiger partial charge in [0.1, 0.15) is 5.78 Å². The van der Waals surface area contributed by atoms with Crippen LogP contribution in [-0.4, -0.2) is 5.78 Å². The van der Waals surface area contributed by atoms with Crippen LogP contribution < -0.4 is 0 Å². The van der Waals surface area contributed by atoms with Gasteiger partial charge in [-0.15, -0.1) is 0 Å². The highest BCUT2D eigenvalue weighted by molar-refractivity contribution is 5.81. The minimum absolute atomic E-state index is 0.518. The fourth-order valence-corrected chi connectivity index (χ4v) is 2.32. The summed E-state index contributed by atoms with van der Waals surface area (Å²) in [6.45, 7) is 0. The highest BCUT2D eigenvalue weighted by atomic mass is 16.1. The van der Waals surface area contributed by atoms with Crippen LogP contribution in [0.3, 0.4) is 0 Å². The monoisotopic (exact) mass is 124 g/mol. The van der Waals surface area contributed by atoms with Crippen molar-refractivity contribution in [3.63, 3.8) is 0 Å². The summed E-state index contributed by atoms with van der Waals surface area (Å²) in [5, 5.41) is 0. The van der Waals surface area contributed by atoms with E-state index in [0.717, 1.165) is 24.7 Å². The summed E-state index contributed by atoms with van der Waals surface area (Å²) >= 11 is 0. The van der Waals surface area contributed by atoms with Crippen LogP contribution in [0.1, 0.15) is 32.1 Å². The Morgan fingerprint density at radius 1 is 1.11 bits per heavy atom. The zero-order chi connectivity index (χ0) is 6.27. The molecule has 1 heteroatoms. The number of Topliss-reactive ketones (excluding diaryl/α,β-unsaturated/α-hetero) is 1. The van der Waals surface area contributed by atoms with E-state index in [1.165, 1.54) is 19.3 Å². The normalized spacial score (nSPS) is 41.6. The zero-order valence-corrected chi connectivity index (χ0v) is 5.60.